The van der Waals surface area contributed by atoms with Gasteiger partial charge >= 0.3 is 0 Å². The smallest absolute Gasteiger partial charge is 0.147 e. The van der Waals surface area contributed by atoms with Gasteiger partial charge in [-0.3, -0.25) is 4.79 Å². The Kier molecular flexibility index (Phi) is 3.57. The van der Waals surface area contributed by atoms with E-state index in [1.54, 1.807) is 6.07 Å². The molecule has 0 radical (unpaired) electrons. The highest BCUT2D eigenvalue weighted by atomic mass is 79.9. The minimum absolute atomic E-state index is 0.138. The van der Waals surface area contributed by atoms with Crippen LogP contribution in [-0.2, 0) is 16.6 Å². The number of nitrogens with two attached hydrogens (primary N) is 1. The monoisotopic (exact) mass is 347 g/mol. The van der Waals surface area contributed by atoms with E-state index in [-0.39, 0.29) is 18.0 Å². The molecule has 1 saturated carbocycles. The van der Waals surface area contributed by atoms with Gasteiger partial charge in [-0.25, -0.2) is 4.39 Å². The Morgan fingerprint density at radius 1 is 1.19 bits per heavy atom. The van der Waals surface area contributed by atoms with Crippen LogP contribution in [0.25, 0.3) is 0 Å². The second-order valence-corrected chi connectivity index (χ2v) is 6.39. The predicted molar refractivity (Wildman–Crippen MR) is 84.6 cm³/mol. The average molecular weight is 348 g/mol. The standard InChI is InChI=1S/C17H15BrFNO/c18-15-6-3-13(19)9-11(15)10-16(21)17(7-8-17)12-1-4-14(20)5-2-12/h1-6,9H,7-8,10,20H2. The van der Waals surface area contributed by atoms with Gasteiger partial charge in [-0.2, -0.15) is 0 Å². The third-order valence-electron chi connectivity index (χ3n) is 4.11. The van der Waals surface area contributed by atoms with Gasteiger partial charge in [0.05, 0.1) is 5.41 Å². The lowest BCUT2D eigenvalue weighted by atomic mass is 9.88. The second-order valence-electron chi connectivity index (χ2n) is 5.54. The average Bonchev–Trinajstić information content (AvgIpc) is 3.25. The van der Waals surface area contributed by atoms with E-state index in [0.29, 0.717) is 11.3 Å². The lowest BCUT2D eigenvalue weighted by molar-refractivity contribution is -0.120. The molecule has 0 saturated heterocycles. The van der Waals surface area contributed by atoms with Crippen LogP contribution in [0.15, 0.2) is 46.9 Å². The molecule has 0 aliphatic heterocycles. The van der Waals surface area contributed by atoms with E-state index in [1.807, 2.05) is 24.3 Å². The van der Waals surface area contributed by atoms with Crippen LogP contribution >= 0.6 is 15.9 Å². The third kappa shape index (κ3) is 2.72. The van der Waals surface area contributed by atoms with Gasteiger partial charge in [0.2, 0.25) is 0 Å². The van der Waals surface area contributed by atoms with Crippen LogP contribution < -0.4 is 5.73 Å². The molecule has 0 aromatic heterocycles. The van der Waals surface area contributed by atoms with Gasteiger partial charge in [-0.1, -0.05) is 28.1 Å². The van der Waals surface area contributed by atoms with E-state index < -0.39 is 5.41 Å². The number of nitrogen functional groups attached to an aromatic ring is 1. The van der Waals surface area contributed by atoms with Crippen molar-refractivity contribution in [2.75, 3.05) is 5.73 Å². The maximum Gasteiger partial charge on any atom is 0.147 e. The minimum atomic E-state index is -0.403. The van der Waals surface area contributed by atoms with Crippen molar-refractivity contribution in [2.24, 2.45) is 0 Å². The van der Waals surface area contributed by atoms with Crippen molar-refractivity contribution >= 4 is 27.4 Å². The highest BCUT2D eigenvalue weighted by Gasteiger charge is 2.50. The molecule has 0 atom stereocenters. The molecule has 4 heteroatoms. The molecule has 3 rings (SSSR count). The number of Topliss-reactive ketones (excluding diaryl/α,β-unsaturated/α-hetero) is 1. The summed E-state index contributed by atoms with van der Waals surface area (Å²) in [7, 11) is 0. The number of carbonyl (C=O) groups excluding carboxylic acids is 1. The number of benzene rings is 2. The van der Waals surface area contributed by atoms with Crippen molar-refractivity contribution in [3.63, 3.8) is 0 Å². The lowest BCUT2D eigenvalue weighted by Gasteiger charge is -2.15. The molecule has 1 fully saturated rings. The van der Waals surface area contributed by atoms with Crippen LogP contribution in [-0.4, -0.2) is 5.78 Å². The molecule has 1 aliphatic carbocycles. The largest absolute Gasteiger partial charge is 0.399 e. The Labute approximate surface area is 131 Å². The summed E-state index contributed by atoms with van der Waals surface area (Å²) >= 11 is 3.38. The first-order valence-corrected chi connectivity index (χ1v) is 7.64. The zero-order chi connectivity index (χ0) is 15.0. The Morgan fingerprint density at radius 2 is 1.86 bits per heavy atom. The van der Waals surface area contributed by atoms with Gasteiger partial charge < -0.3 is 5.73 Å². The lowest BCUT2D eigenvalue weighted by Crippen LogP contribution is -2.22. The van der Waals surface area contributed by atoms with E-state index in [2.05, 4.69) is 15.9 Å². The fourth-order valence-electron chi connectivity index (χ4n) is 2.68. The minimum Gasteiger partial charge on any atom is -0.399 e. The van der Waals surface area contributed by atoms with Gasteiger partial charge in [-0.15, -0.1) is 0 Å². The Hall–Kier alpha value is -1.68. The van der Waals surface area contributed by atoms with Gasteiger partial charge in [0.1, 0.15) is 11.6 Å². The van der Waals surface area contributed by atoms with Crippen LogP contribution in [0.2, 0.25) is 0 Å². The molecule has 0 amide bonds. The van der Waals surface area contributed by atoms with E-state index in [9.17, 15) is 9.18 Å². The molecule has 1 aliphatic rings. The summed E-state index contributed by atoms with van der Waals surface area (Å²) in [5.74, 6) is -0.183. The van der Waals surface area contributed by atoms with Gasteiger partial charge in [-0.05, 0) is 54.3 Å². The first-order chi connectivity index (χ1) is 10.0. The van der Waals surface area contributed by atoms with E-state index >= 15 is 0 Å². The molecule has 2 aromatic rings. The van der Waals surface area contributed by atoms with Crippen LogP contribution in [0.3, 0.4) is 0 Å². The number of hydrogen-bond donors (Lipinski definition) is 1. The fourth-order valence-corrected chi connectivity index (χ4v) is 3.06. The number of hydrogen-bond acceptors (Lipinski definition) is 2. The Morgan fingerprint density at radius 3 is 2.48 bits per heavy atom. The summed E-state index contributed by atoms with van der Waals surface area (Å²) in [5, 5.41) is 0. The number of anilines is 1. The van der Waals surface area contributed by atoms with Crippen molar-refractivity contribution in [1.29, 1.82) is 0 Å². The van der Waals surface area contributed by atoms with E-state index in [4.69, 9.17) is 5.73 Å². The molecule has 2 N–H and O–H groups in total. The fraction of sp³-hybridized carbons (Fsp3) is 0.235. The molecule has 0 heterocycles. The summed E-state index contributed by atoms with van der Waals surface area (Å²) < 4.78 is 14.1. The molecular formula is C17H15BrFNO. The number of carbonyl (C=O) groups is 1. The van der Waals surface area contributed by atoms with Gasteiger partial charge in [0.15, 0.2) is 0 Å². The molecule has 0 unspecified atom stereocenters. The van der Waals surface area contributed by atoms with E-state index in [0.717, 1.165) is 22.9 Å². The predicted octanol–water partition coefficient (Wildman–Crippen LogP) is 4.01. The van der Waals surface area contributed by atoms with Gasteiger partial charge in [0, 0.05) is 16.6 Å². The zero-order valence-electron chi connectivity index (χ0n) is 11.4. The summed E-state index contributed by atoms with van der Waals surface area (Å²) in [6, 6.07) is 11.9. The molecule has 21 heavy (non-hydrogen) atoms. The van der Waals surface area contributed by atoms with Crippen LogP contribution in [0.4, 0.5) is 10.1 Å². The normalized spacial score (nSPS) is 15.7. The van der Waals surface area contributed by atoms with Crippen LogP contribution in [0.1, 0.15) is 24.0 Å². The number of ketones is 1. The Bertz CT molecular complexity index is 692. The van der Waals surface area contributed by atoms with Crippen LogP contribution in [0.5, 0.6) is 0 Å². The number of halogens is 2. The van der Waals surface area contributed by atoms with Crippen molar-refractivity contribution < 1.29 is 9.18 Å². The SMILES string of the molecule is Nc1ccc(C2(C(=O)Cc3cc(F)ccc3Br)CC2)cc1. The van der Waals surface area contributed by atoms with E-state index in [1.165, 1.54) is 12.1 Å². The first kappa shape index (κ1) is 14.3. The summed E-state index contributed by atoms with van der Waals surface area (Å²) in [4.78, 5) is 12.7. The highest BCUT2D eigenvalue weighted by molar-refractivity contribution is 9.10. The molecule has 0 bridgehead atoms. The van der Waals surface area contributed by atoms with Crippen molar-refractivity contribution in [3.05, 3.63) is 63.9 Å². The molecule has 2 aromatic carbocycles. The van der Waals surface area contributed by atoms with Gasteiger partial charge in [0.25, 0.3) is 0 Å². The summed E-state index contributed by atoms with van der Waals surface area (Å²) in [5.41, 5.74) is 7.68. The Balaban J connectivity index is 1.85. The molecule has 2 nitrogen and oxygen atoms in total. The molecule has 108 valence electrons. The second kappa shape index (κ2) is 5.26. The first-order valence-electron chi connectivity index (χ1n) is 6.84. The number of rotatable bonds is 4. The van der Waals surface area contributed by atoms with Crippen LogP contribution in [0, 0.1) is 5.82 Å². The summed E-state index contributed by atoms with van der Waals surface area (Å²) in [6.45, 7) is 0. The topological polar surface area (TPSA) is 43.1 Å². The van der Waals surface area contributed by atoms with Crippen molar-refractivity contribution in [3.8, 4) is 0 Å². The van der Waals surface area contributed by atoms with Crippen molar-refractivity contribution in [2.45, 2.75) is 24.7 Å². The molecule has 0 spiro atoms. The maximum atomic E-state index is 13.3. The highest BCUT2D eigenvalue weighted by Crippen LogP contribution is 2.49. The summed E-state index contributed by atoms with van der Waals surface area (Å²) in [6.07, 6.45) is 1.94. The maximum absolute atomic E-state index is 13.3. The third-order valence-corrected chi connectivity index (χ3v) is 4.88. The zero-order valence-corrected chi connectivity index (χ0v) is 13.0. The molecular weight excluding hydrogens is 333 g/mol. The quantitative estimate of drug-likeness (QED) is 0.849. The van der Waals surface area contributed by atoms with Crippen molar-refractivity contribution in [1.82, 2.24) is 0 Å².